The van der Waals surface area contributed by atoms with Crippen LogP contribution in [0, 0.1) is 0 Å². The lowest BCUT2D eigenvalue weighted by Crippen LogP contribution is -2.40. The monoisotopic (exact) mass is 455 g/mol. The molecule has 3 heterocycles. The molecule has 0 saturated carbocycles. The van der Waals surface area contributed by atoms with Crippen molar-refractivity contribution in [2.75, 3.05) is 20.8 Å². The van der Waals surface area contributed by atoms with Crippen molar-refractivity contribution in [2.24, 2.45) is 0 Å². The van der Waals surface area contributed by atoms with Gasteiger partial charge in [0.05, 0.1) is 20.3 Å². The quantitative estimate of drug-likeness (QED) is 0.487. The Labute approximate surface area is 192 Å². The van der Waals surface area contributed by atoms with Crippen LogP contribution in [0.1, 0.15) is 66.4 Å². The topological polar surface area (TPSA) is 77.7 Å². The van der Waals surface area contributed by atoms with E-state index in [1.54, 1.807) is 25.6 Å². The molecule has 170 valence electrons. The van der Waals surface area contributed by atoms with Crippen molar-refractivity contribution in [2.45, 2.75) is 51.5 Å². The number of fused-ring (bicyclic) bond motifs is 1. The first-order valence-corrected chi connectivity index (χ1v) is 11.8. The predicted molar refractivity (Wildman–Crippen MR) is 122 cm³/mol. The van der Waals surface area contributed by atoms with E-state index in [1.165, 1.54) is 5.56 Å². The number of benzene rings is 1. The van der Waals surface area contributed by atoms with Gasteiger partial charge in [0.25, 0.3) is 0 Å². The highest BCUT2D eigenvalue weighted by atomic mass is 32.1. The second-order valence-corrected chi connectivity index (χ2v) is 9.19. The van der Waals surface area contributed by atoms with Gasteiger partial charge in [-0.3, -0.25) is 4.79 Å². The molecule has 8 heteroatoms. The zero-order valence-corrected chi connectivity index (χ0v) is 19.8. The molecule has 1 aliphatic rings. The van der Waals surface area contributed by atoms with Gasteiger partial charge < -0.3 is 18.9 Å². The molecular weight excluding hydrogens is 426 g/mol. The largest absolute Gasteiger partial charge is 0.493 e. The number of rotatable bonds is 8. The summed E-state index contributed by atoms with van der Waals surface area (Å²) in [5.41, 5.74) is 2.29. The number of carbonyl (C=O) groups excluding carboxylic acids is 1. The molecule has 1 atom stereocenters. The van der Waals surface area contributed by atoms with Crippen molar-refractivity contribution < 1.29 is 18.8 Å². The fraction of sp³-hybridized carbons (Fsp3) is 0.458. The first kappa shape index (κ1) is 22.3. The molecule has 1 amide bonds. The number of hydrogen-bond donors (Lipinski definition) is 0. The van der Waals surface area contributed by atoms with E-state index >= 15 is 0 Å². The Hall–Kier alpha value is -2.87. The first-order chi connectivity index (χ1) is 15.5. The van der Waals surface area contributed by atoms with Crippen LogP contribution in [0.4, 0.5) is 0 Å². The molecule has 0 saturated heterocycles. The normalized spacial score (nSPS) is 15.7. The molecule has 0 aliphatic carbocycles. The lowest BCUT2D eigenvalue weighted by Gasteiger charge is -2.37. The van der Waals surface area contributed by atoms with Crippen molar-refractivity contribution >= 4 is 17.2 Å². The van der Waals surface area contributed by atoms with Crippen LogP contribution in [0.2, 0.25) is 0 Å². The fourth-order valence-corrected chi connectivity index (χ4v) is 4.96. The van der Waals surface area contributed by atoms with Crippen molar-refractivity contribution in [3.05, 3.63) is 57.4 Å². The summed E-state index contributed by atoms with van der Waals surface area (Å²) in [6.45, 7) is 4.73. The number of aryl methyl sites for hydroxylation is 1. The minimum atomic E-state index is -0.123. The summed E-state index contributed by atoms with van der Waals surface area (Å²) >= 11 is 1.66. The molecule has 0 radical (unpaired) electrons. The van der Waals surface area contributed by atoms with Gasteiger partial charge in [-0.2, -0.15) is 4.98 Å². The third-order valence-corrected chi connectivity index (χ3v) is 6.71. The van der Waals surface area contributed by atoms with Crippen molar-refractivity contribution in [3.63, 3.8) is 0 Å². The van der Waals surface area contributed by atoms with Gasteiger partial charge >= 0.3 is 0 Å². The van der Waals surface area contributed by atoms with Crippen LogP contribution in [-0.2, 0) is 17.6 Å². The van der Waals surface area contributed by atoms with Gasteiger partial charge in [-0.05, 0) is 47.5 Å². The molecule has 1 aromatic carbocycles. The van der Waals surface area contributed by atoms with E-state index in [4.69, 9.17) is 14.0 Å². The number of amides is 1. The van der Waals surface area contributed by atoms with Gasteiger partial charge in [0, 0.05) is 30.2 Å². The molecule has 0 spiro atoms. The van der Waals surface area contributed by atoms with Gasteiger partial charge in [0.2, 0.25) is 11.8 Å². The zero-order valence-electron chi connectivity index (χ0n) is 19.0. The zero-order chi connectivity index (χ0) is 22.7. The number of hydrogen-bond acceptors (Lipinski definition) is 7. The van der Waals surface area contributed by atoms with E-state index < -0.39 is 0 Å². The minimum Gasteiger partial charge on any atom is -0.493 e. The van der Waals surface area contributed by atoms with Crippen LogP contribution in [-0.4, -0.2) is 41.7 Å². The van der Waals surface area contributed by atoms with Crippen LogP contribution in [0.25, 0.3) is 0 Å². The number of aromatic nitrogens is 2. The van der Waals surface area contributed by atoms with E-state index in [1.807, 2.05) is 36.9 Å². The maximum absolute atomic E-state index is 13.3. The second-order valence-electron chi connectivity index (χ2n) is 8.22. The average Bonchev–Trinajstić information content (AvgIpc) is 3.49. The summed E-state index contributed by atoms with van der Waals surface area (Å²) in [5, 5.41) is 6.05. The lowest BCUT2D eigenvalue weighted by molar-refractivity contribution is -0.133. The third kappa shape index (κ3) is 4.50. The highest BCUT2D eigenvalue weighted by Crippen LogP contribution is 2.42. The van der Waals surface area contributed by atoms with Gasteiger partial charge in [-0.15, -0.1) is 11.3 Å². The van der Waals surface area contributed by atoms with Crippen LogP contribution in [0.5, 0.6) is 11.5 Å². The van der Waals surface area contributed by atoms with Crippen LogP contribution < -0.4 is 9.47 Å². The molecule has 0 bridgehead atoms. The Morgan fingerprint density at radius 2 is 2.06 bits per heavy atom. The Bertz CT molecular complexity index is 1060. The maximum Gasteiger partial charge on any atom is 0.226 e. The van der Waals surface area contributed by atoms with Gasteiger partial charge in [-0.1, -0.05) is 25.1 Å². The third-order valence-electron chi connectivity index (χ3n) is 5.79. The highest BCUT2D eigenvalue weighted by Gasteiger charge is 2.33. The Morgan fingerprint density at radius 1 is 1.28 bits per heavy atom. The smallest absolute Gasteiger partial charge is 0.226 e. The summed E-state index contributed by atoms with van der Waals surface area (Å²) in [6, 6.07) is 8.05. The van der Waals surface area contributed by atoms with E-state index in [0.29, 0.717) is 43.3 Å². The second kappa shape index (κ2) is 9.73. The number of nitrogens with zero attached hydrogens (tertiary/aromatic N) is 3. The minimum absolute atomic E-state index is 0.123. The number of thiophene rings is 1. The molecule has 2 aromatic heterocycles. The summed E-state index contributed by atoms with van der Waals surface area (Å²) in [4.78, 5) is 20.9. The van der Waals surface area contributed by atoms with Crippen molar-refractivity contribution in [3.8, 4) is 11.5 Å². The van der Waals surface area contributed by atoms with Gasteiger partial charge in [-0.25, -0.2) is 0 Å². The highest BCUT2D eigenvalue weighted by molar-refractivity contribution is 7.10. The standard InChI is InChI=1S/C24H29N3O4S/c1-15(2)24-25-21(31-26-24)8-5-9-22(28)27-11-10-16-13-18(29-3)19(30-4)14-17(16)23(27)20-7-6-12-32-20/h6-7,12-15,23H,5,8-11H2,1-4H3. The lowest BCUT2D eigenvalue weighted by atomic mass is 9.90. The predicted octanol–water partition coefficient (Wildman–Crippen LogP) is 4.77. The van der Waals surface area contributed by atoms with Gasteiger partial charge in [0.1, 0.15) is 0 Å². The Balaban J connectivity index is 1.53. The number of ether oxygens (including phenoxy) is 2. The van der Waals surface area contributed by atoms with E-state index in [-0.39, 0.29) is 17.9 Å². The summed E-state index contributed by atoms with van der Waals surface area (Å²) in [6.07, 6.45) is 2.49. The molecule has 3 aromatic rings. The van der Waals surface area contributed by atoms with E-state index in [9.17, 15) is 4.79 Å². The van der Waals surface area contributed by atoms with Crippen LogP contribution >= 0.6 is 11.3 Å². The molecule has 4 rings (SSSR count). The molecule has 7 nitrogen and oxygen atoms in total. The SMILES string of the molecule is COc1cc2c(cc1OC)C(c1cccs1)N(C(=O)CCCc1nc(C(C)C)no1)CC2. The summed E-state index contributed by atoms with van der Waals surface area (Å²) in [7, 11) is 3.28. The summed E-state index contributed by atoms with van der Waals surface area (Å²) in [5.74, 6) is 3.06. The number of methoxy groups -OCH3 is 2. The van der Waals surface area contributed by atoms with Crippen molar-refractivity contribution in [1.82, 2.24) is 15.0 Å². The van der Waals surface area contributed by atoms with Gasteiger partial charge in [0.15, 0.2) is 17.3 Å². The molecule has 1 aliphatic heterocycles. The summed E-state index contributed by atoms with van der Waals surface area (Å²) < 4.78 is 16.4. The molecule has 0 fully saturated rings. The Kier molecular flexibility index (Phi) is 6.79. The van der Waals surface area contributed by atoms with Crippen LogP contribution in [0.3, 0.4) is 0 Å². The first-order valence-electron chi connectivity index (χ1n) is 10.9. The molecule has 1 unspecified atom stereocenters. The van der Waals surface area contributed by atoms with Crippen LogP contribution in [0.15, 0.2) is 34.2 Å². The Morgan fingerprint density at radius 3 is 2.72 bits per heavy atom. The fourth-order valence-electron chi connectivity index (χ4n) is 4.11. The average molecular weight is 456 g/mol. The molecule has 32 heavy (non-hydrogen) atoms. The molecular formula is C24H29N3O4S. The van der Waals surface area contributed by atoms with E-state index in [2.05, 4.69) is 21.6 Å². The number of carbonyl (C=O) groups is 1. The molecule has 0 N–H and O–H groups in total. The van der Waals surface area contributed by atoms with Crippen molar-refractivity contribution in [1.29, 1.82) is 0 Å². The maximum atomic E-state index is 13.3. The van der Waals surface area contributed by atoms with E-state index in [0.717, 1.165) is 22.6 Å².